The fourth-order valence-corrected chi connectivity index (χ4v) is 1.94. The highest BCUT2D eigenvalue weighted by Gasteiger charge is 2.11. The summed E-state index contributed by atoms with van der Waals surface area (Å²) in [6.45, 7) is 8.62. The standard InChI is InChI=1S/C15H24N2O2/c1-12(2)17(3)7-6-16-11-13-4-5-14-15(10-13)19-9-8-18-14/h4-5,10,12,16H,6-9,11H2,1-3H3. The van der Waals surface area contributed by atoms with Gasteiger partial charge in [0.2, 0.25) is 0 Å². The van der Waals surface area contributed by atoms with Crippen molar-refractivity contribution in [2.45, 2.75) is 26.4 Å². The second kappa shape index (κ2) is 6.78. The molecule has 4 nitrogen and oxygen atoms in total. The van der Waals surface area contributed by atoms with Crippen molar-refractivity contribution in [3.05, 3.63) is 23.8 Å². The summed E-state index contributed by atoms with van der Waals surface area (Å²) in [7, 11) is 2.15. The first-order valence-corrected chi connectivity index (χ1v) is 6.96. The van der Waals surface area contributed by atoms with Crippen molar-refractivity contribution >= 4 is 0 Å². The molecule has 2 rings (SSSR count). The molecule has 0 radical (unpaired) electrons. The van der Waals surface area contributed by atoms with Crippen LogP contribution in [0.2, 0.25) is 0 Å². The topological polar surface area (TPSA) is 33.7 Å². The smallest absolute Gasteiger partial charge is 0.161 e. The van der Waals surface area contributed by atoms with Gasteiger partial charge in [-0.2, -0.15) is 0 Å². The Morgan fingerprint density at radius 1 is 1.21 bits per heavy atom. The Morgan fingerprint density at radius 2 is 1.95 bits per heavy atom. The molecule has 19 heavy (non-hydrogen) atoms. The SMILES string of the molecule is CC(C)N(C)CCNCc1ccc2c(c1)OCCO2. The highest BCUT2D eigenvalue weighted by atomic mass is 16.6. The van der Waals surface area contributed by atoms with Crippen LogP contribution in [0, 0.1) is 0 Å². The summed E-state index contributed by atoms with van der Waals surface area (Å²) in [6, 6.07) is 6.74. The van der Waals surface area contributed by atoms with E-state index in [1.54, 1.807) is 0 Å². The molecule has 4 heteroatoms. The number of ether oxygens (including phenoxy) is 2. The Bertz CT molecular complexity index is 407. The number of likely N-dealkylation sites (N-methyl/N-ethyl adjacent to an activating group) is 1. The molecule has 1 heterocycles. The maximum atomic E-state index is 5.58. The fraction of sp³-hybridized carbons (Fsp3) is 0.600. The van der Waals surface area contributed by atoms with E-state index in [4.69, 9.17) is 9.47 Å². The Morgan fingerprint density at radius 3 is 2.68 bits per heavy atom. The van der Waals surface area contributed by atoms with Crippen LogP contribution in [0.15, 0.2) is 18.2 Å². The van der Waals surface area contributed by atoms with Crippen molar-refractivity contribution in [2.24, 2.45) is 0 Å². The van der Waals surface area contributed by atoms with E-state index >= 15 is 0 Å². The minimum atomic E-state index is 0.594. The molecule has 0 atom stereocenters. The predicted octanol–water partition coefficient (Wildman–Crippen LogP) is 1.89. The monoisotopic (exact) mass is 264 g/mol. The Kier molecular flexibility index (Phi) is 5.05. The third-order valence-electron chi connectivity index (χ3n) is 3.46. The van der Waals surface area contributed by atoms with Crippen LogP contribution < -0.4 is 14.8 Å². The van der Waals surface area contributed by atoms with E-state index in [0.29, 0.717) is 19.3 Å². The number of benzene rings is 1. The molecule has 1 aliphatic rings. The lowest BCUT2D eigenvalue weighted by Gasteiger charge is -2.21. The van der Waals surface area contributed by atoms with E-state index in [2.05, 4.69) is 43.2 Å². The zero-order valence-corrected chi connectivity index (χ0v) is 12.1. The average molecular weight is 264 g/mol. The van der Waals surface area contributed by atoms with Gasteiger partial charge in [-0.05, 0) is 38.6 Å². The minimum absolute atomic E-state index is 0.594. The second-order valence-corrected chi connectivity index (χ2v) is 5.23. The molecule has 0 unspecified atom stereocenters. The molecule has 0 fully saturated rings. The Hall–Kier alpha value is -1.26. The van der Waals surface area contributed by atoms with Gasteiger partial charge in [0.1, 0.15) is 13.2 Å². The van der Waals surface area contributed by atoms with Crippen LogP contribution in [0.5, 0.6) is 11.5 Å². The number of fused-ring (bicyclic) bond motifs is 1. The van der Waals surface area contributed by atoms with Gasteiger partial charge >= 0.3 is 0 Å². The van der Waals surface area contributed by atoms with E-state index in [9.17, 15) is 0 Å². The summed E-state index contributed by atoms with van der Waals surface area (Å²) >= 11 is 0. The van der Waals surface area contributed by atoms with Gasteiger partial charge in [-0.1, -0.05) is 6.07 Å². The normalized spacial score (nSPS) is 14.2. The van der Waals surface area contributed by atoms with E-state index in [0.717, 1.165) is 31.1 Å². The van der Waals surface area contributed by atoms with Crippen LogP contribution in [-0.4, -0.2) is 44.3 Å². The van der Waals surface area contributed by atoms with Crippen LogP contribution in [-0.2, 0) is 6.54 Å². The van der Waals surface area contributed by atoms with Crippen molar-refractivity contribution < 1.29 is 9.47 Å². The average Bonchev–Trinajstić information content (AvgIpc) is 2.43. The molecule has 106 valence electrons. The van der Waals surface area contributed by atoms with Crippen LogP contribution in [0.4, 0.5) is 0 Å². The largest absolute Gasteiger partial charge is 0.486 e. The first-order valence-electron chi connectivity index (χ1n) is 6.96. The van der Waals surface area contributed by atoms with Crippen LogP contribution in [0.1, 0.15) is 19.4 Å². The second-order valence-electron chi connectivity index (χ2n) is 5.23. The number of nitrogens with zero attached hydrogens (tertiary/aromatic N) is 1. The van der Waals surface area contributed by atoms with Crippen LogP contribution >= 0.6 is 0 Å². The van der Waals surface area contributed by atoms with Crippen LogP contribution in [0.25, 0.3) is 0 Å². The zero-order chi connectivity index (χ0) is 13.7. The molecule has 1 aromatic carbocycles. The molecule has 1 aromatic rings. The highest BCUT2D eigenvalue weighted by molar-refractivity contribution is 5.43. The zero-order valence-electron chi connectivity index (χ0n) is 12.1. The maximum Gasteiger partial charge on any atom is 0.161 e. The van der Waals surface area contributed by atoms with Gasteiger partial charge in [0.15, 0.2) is 11.5 Å². The fourth-order valence-electron chi connectivity index (χ4n) is 1.94. The van der Waals surface area contributed by atoms with E-state index in [1.165, 1.54) is 5.56 Å². The third kappa shape index (κ3) is 4.11. The van der Waals surface area contributed by atoms with Crippen molar-refractivity contribution in [1.82, 2.24) is 10.2 Å². The molecule has 1 aliphatic heterocycles. The third-order valence-corrected chi connectivity index (χ3v) is 3.46. The summed E-state index contributed by atoms with van der Waals surface area (Å²) in [6.07, 6.45) is 0. The minimum Gasteiger partial charge on any atom is -0.486 e. The summed E-state index contributed by atoms with van der Waals surface area (Å²) in [5, 5.41) is 3.46. The van der Waals surface area contributed by atoms with E-state index in [1.807, 2.05) is 6.07 Å². The molecular weight excluding hydrogens is 240 g/mol. The summed E-state index contributed by atoms with van der Waals surface area (Å²) in [5.74, 6) is 1.72. The summed E-state index contributed by atoms with van der Waals surface area (Å²) in [4.78, 5) is 2.33. The predicted molar refractivity (Wildman–Crippen MR) is 76.9 cm³/mol. The maximum absolute atomic E-state index is 5.58. The van der Waals surface area contributed by atoms with Crippen molar-refractivity contribution in [3.63, 3.8) is 0 Å². The van der Waals surface area contributed by atoms with Gasteiger partial charge in [-0.3, -0.25) is 0 Å². The molecular formula is C15H24N2O2. The van der Waals surface area contributed by atoms with Crippen molar-refractivity contribution in [2.75, 3.05) is 33.4 Å². The number of nitrogens with one attached hydrogen (secondary N) is 1. The molecule has 0 amide bonds. The molecule has 0 bridgehead atoms. The quantitative estimate of drug-likeness (QED) is 0.796. The van der Waals surface area contributed by atoms with Crippen molar-refractivity contribution in [3.8, 4) is 11.5 Å². The number of rotatable bonds is 6. The van der Waals surface area contributed by atoms with Crippen molar-refractivity contribution in [1.29, 1.82) is 0 Å². The van der Waals surface area contributed by atoms with Gasteiger partial charge < -0.3 is 19.7 Å². The lowest BCUT2D eigenvalue weighted by molar-refractivity contribution is 0.171. The lowest BCUT2D eigenvalue weighted by atomic mass is 10.2. The van der Waals surface area contributed by atoms with Crippen LogP contribution in [0.3, 0.4) is 0 Å². The summed E-state index contributed by atoms with van der Waals surface area (Å²) < 4.78 is 11.1. The molecule has 0 aromatic heterocycles. The summed E-state index contributed by atoms with van der Waals surface area (Å²) in [5.41, 5.74) is 1.23. The van der Waals surface area contributed by atoms with Gasteiger partial charge in [0.25, 0.3) is 0 Å². The molecule has 0 saturated carbocycles. The van der Waals surface area contributed by atoms with Gasteiger partial charge in [0, 0.05) is 25.7 Å². The molecule has 0 aliphatic carbocycles. The van der Waals surface area contributed by atoms with Gasteiger partial charge in [0.05, 0.1) is 0 Å². The molecule has 1 N–H and O–H groups in total. The number of hydrogen-bond donors (Lipinski definition) is 1. The molecule has 0 spiro atoms. The first-order chi connectivity index (χ1) is 9.16. The Balaban J connectivity index is 1.77. The van der Waals surface area contributed by atoms with E-state index < -0.39 is 0 Å². The molecule has 0 saturated heterocycles. The highest BCUT2D eigenvalue weighted by Crippen LogP contribution is 2.30. The Labute approximate surface area is 115 Å². The number of hydrogen-bond acceptors (Lipinski definition) is 4. The lowest BCUT2D eigenvalue weighted by Crippen LogP contribution is -2.33. The first kappa shape index (κ1) is 14.2. The van der Waals surface area contributed by atoms with Gasteiger partial charge in [-0.25, -0.2) is 0 Å². The van der Waals surface area contributed by atoms with E-state index in [-0.39, 0.29) is 0 Å². The van der Waals surface area contributed by atoms with Gasteiger partial charge in [-0.15, -0.1) is 0 Å².